The third-order valence-electron chi connectivity index (χ3n) is 3.91. The van der Waals surface area contributed by atoms with E-state index < -0.39 is 10.8 Å². The number of carbonyl (C=O) groups is 1. The number of hydrogen-bond acceptors (Lipinski definition) is 4. The average Bonchev–Trinajstić information content (AvgIpc) is 2.60. The molecule has 1 saturated heterocycles. The van der Waals surface area contributed by atoms with Crippen LogP contribution in [0.15, 0.2) is 0 Å². The molecule has 1 fully saturated rings. The summed E-state index contributed by atoms with van der Waals surface area (Å²) in [6, 6.07) is 0.0238. The van der Waals surface area contributed by atoms with Crippen LogP contribution in [0.1, 0.15) is 25.5 Å². The van der Waals surface area contributed by atoms with Gasteiger partial charge in [0.1, 0.15) is 5.69 Å². The summed E-state index contributed by atoms with van der Waals surface area (Å²) in [6.07, 6.45) is 2.26. The summed E-state index contributed by atoms with van der Waals surface area (Å²) in [4.78, 5) is 14.3. The minimum Gasteiger partial charge on any atom is -0.350 e. The number of amides is 1. The largest absolute Gasteiger partial charge is 0.350 e. The molecule has 1 aromatic heterocycles. The van der Waals surface area contributed by atoms with Crippen LogP contribution in [0, 0.1) is 0 Å². The Morgan fingerprint density at radius 1 is 1.50 bits per heavy atom. The van der Waals surface area contributed by atoms with Gasteiger partial charge in [-0.05, 0) is 6.42 Å². The van der Waals surface area contributed by atoms with Crippen molar-refractivity contribution in [1.29, 1.82) is 0 Å². The van der Waals surface area contributed by atoms with Gasteiger partial charge in [0.05, 0.1) is 11.7 Å². The van der Waals surface area contributed by atoms with Gasteiger partial charge in [0.25, 0.3) is 0 Å². The Labute approximate surface area is 121 Å². The van der Waals surface area contributed by atoms with Crippen molar-refractivity contribution in [2.45, 2.75) is 32.2 Å². The molecule has 1 aromatic rings. The van der Waals surface area contributed by atoms with Gasteiger partial charge in [-0.3, -0.25) is 13.7 Å². The summed E-state index contributed by atoms with van der Waals surface area (Å²) in [5.74, 6) is 2.21. The van der Waals surface area contributed by atoms with Gasteiger partial charge in [-0.1, -0.05) is 13.3 Å². The third-order valence-corrected chi connectivity index (χ3v) is 5.31. The molecule has 2 aliphatic heterocycles. The highest BCUT2D eigenvalue weighted by Crippen LogP contribution is 2.35. The second-order valence-corrected chi connectivity index (χ2v) is 7.05. The Balaban J connectivity index is 2.05. The molecule has 1 amide bonds. The van der Waals surface area contributed by atoms with Crippen LogP contribution < -0.4 is 10.2 Å². The fourth-order valence-corrected chi connectivity index (χ4v) is 4.36. The number of aryl methyl sites for hydroxylation is 2. The van der Waals surface area contributed by atoms with Crippen LogP contribution in [-0.2, 0) is 29.1 Å². The molecule has 2 atom stereocenters. The fraction of sp³-hybridized carbons (Fsp3) is 0.692. The second-order valence-electron chi connectivity index (χ2n) is 5.43. The van der Waals surface area contributed by atoms with Gasteiger partial charge < -0.3 is 10.2 Å². The van der Waals surface area contributed by atoms with Gasteiger partial charge in [-0.25, -0.2) is 0 Å². The van der Waals surface area contributed by atoms with E-state index in [-0.39, 0.29) is 11.9 Å². The highest BCUT2D eigenvalue weighted by Gasteiger charge is 2.36. The van der Waals surface area contributed by atoms with Crippen molar-refractivity contribution >= 4 is 28.2 Å². The number of anilines is 2. The van der Waals surface area contributed by atoms with Crippen molar-refractivity contribution in [3.8, 4) is 0 Å². The van der Waals surface area contributed by atoms with Gasteiger partial charge in [-0.2, -0.15) is 5.10 Å². The van der Waals surface area contributed by atoms with Gasteiger partial charge >= 0.3 is 0 Å². The molecular weight excluding hydrogens is 276 g/mol. The van der Waals surface area contributed by atoms with Crippen LogP contribution in [-0.4, -0.2) is 44.0 Å². The molecule has 0 saturated carbocycles. The Kier molecular flexibility index (Phi) is 3.54. The number of nitrogens with zero attached hydrogens (tertiary/aromatic N) is 3. The summed E-state index contributed by atoms with van der Waals surface area (Å²) >= 11 is 0. The summed E-state index contributed by atoms with van der Waals surface area (Å²) in [6.45, 7) is 2.83. The van der Waals surface area contributed by atoms with Crippen molar-refractivity contribution in [3.05, 3.63) is 5.69 Å². The molecule has 0 radical (unpaired) electrons. The quantitative estimate of drug-likeness (QED) is 0.870. The molecule has 2 aliphatic rings. The maximum Gasteiger partial charge on any atom is 0.226 e. The molecule has 110 valence electrons. The molecule has 3 heterocycles. The normalized spacial score (nSPS) is 25.7. The Bertz CT molecular complexity index is 569. The van der Waals surface area contributed by atoms with Crippen molar-refractivity contribution in [1.82, 2.24) is 9.78 Å². The summed E-state index contributed by atoms with van der Waals surface area (Å²) < 4.78 is 13.6. The predicted molar refractivity (Wildman–Crippen MR) is 79.5 cm³/mol. The summed E-state index contributed by atoms with van der Waals surface area (Å²) in [5.41, 5.74) is 1.81. The van der Waals surface area contributed by atoms with Crippen LogP contribution in [0.3, 0.4) is 0 Å². The van der Waals surface area contributed by atoms with Crippen LogP contribution >= 0.6 is 0 Å². The molecule has 2 unspecified atom stereocenters. The van der Waals surface area contributed by atoms with Gasteiger partial charge in [0, 0.05) is 42.3 Å². The minimum atomic E-state index is -0.813. The fourth-order valence-electron chi connectivity index (χ4n) is 3.06. The van der Waals surface area contributed by atoms with E-state index >= 15 is 0 Å². The molecule has 6 nitrogen and oxygen atoms in total. The molecule has 0 bridgehead atoms. The zero-order chi connectivity index (χ0) is 14.3. The number of rotatable bonds is 2. The number of carbonyl (C=O) groups excluding carboxylic acids is 1. The average molecular weight is 296 g/mol. The zero-order valence-electron chi connectivity index (χ0n) is 11.9. The Hall–Kier alpha value is -1.37. The smallest absolute Gasteiger partial charge is 0.226 e. The number of aromatic nitrogens is 2. The van der Waals surface area contributed by atoms with E-state index in [1.54, 1.807) is 0 Å². The first kappa shape index (κ1) is 13.6. The first-order valence-corrected chi connectivity index (χ1v) is 8.56. The SMILES string of the molecule is CCCc1nn(C)c2c1NC(=O)CC1CS(=O)CCN21. The number of nitrogens with one attached hydrogen (secondary N) is 1. The van der Waals surface area contributed by atoms with E-state index in [1.165, 1.54) is 0 Å². The molecule has 0 aliphatic carbocycles. The molecule has 0 spiro atoms. The molecule has 3 rings (SSSR count). The summed E-state index contributed by atoms with van der Waals surface area (Å²) in [7, 11) is 1.10. The monoisotopic (exact) mass is 296 g/mol. The van der Waals surface area contributed by atoms with Crippen molar-refractivity contribution in [2.24, 2.45) is 7.05 Å². The zero-order valence-corrected chi connectivity index (χ0v) is 12.7. The first-order valence-electron chi connectivity index (χ1n) is 7.07. The van der Waals surface area contributed by atoms with Gasteiger partial charge in [-0.15, -0.1) is 0 Å². The van der Waals surface area contributed by atoms with Crippen LogP contribution in [0.2, 0.25) is 0 Å². The third kappa shape index (κ3) is 2.24. The van der Waals surface area contributed by atoms with E-state index in [1.807, 2.05) is 11.7 Å². The highest BCUT2D eigenvalue weighted by atomic mass is 32.2. The van der Waals surface area contributed by atoms with Gasteiger partial charge in [0.15, 0.2) is 5.82 Å². The Morgan fingerprint density at radius 3 is 3.05 bits per heavy atom. The van der Waals surface area contributed by atoms with E-state index in [2.05, 4.69) is 22.2 Å². The second kappa shape index (κ2) is 5.20. The molecular formula is C13H20N4O2S. The number of hydrogen-bond donors (Lipinski definition) is 1. The minimum absolute atomic E-state index is 0.00278. The maximum absolute atomic E-state index is 12.1. The lowest BCUT2D eigenvalue weighted by atomic mass is 10.2. The van der Waals surface area contributed by atoms with E-state index in [4.69, 9.17) is 0 Å². The predicted octanol–water partition coefficient (Wildman–Crippen LogP) is 0.652. The lowest BCUT2D eigenvalue weighted by molar-refractivity contribution is -0.116. The molecule has 20 heavy (non-hydrogen) atoms. The molecule has 1 N–H and O–H groups in total. The first-order chi connectivity index (χ1) is 9.60. The van der Waals surface area contributed by atoms with Crippen molar-refractivity contribution < 1.29 is 9.00 Å². The van der Waals surface area contributed by atoms with Gasteiger partial charge in [0.2, 0.25) is 5.91 Å². The van der Waals surface area contributed by atoms with Crippen molar-refractivity contribution in [2.75, 3.05) is 28.3 Å². The maximum atomic E-state index is 12.1. The topological polar surface area (TPSA) is 67.2 Å². The van der Waals surface area contributed by atoms with E-state index in [0.29, 0.717) is 17.9 Å². The van der Waals surface area contributed by atoms with Crippen LogP contribution in [0.25, 0.3) is 0 Å². The highest BCUT2D eigenvalue weighted by molar-refractivity contribution is 7.85. The Morgan fingerprint density at radius 2 is 2.30 bits per heavy atom. The van der Waals surface area contributed by atoms with Crippen LogP contribution in [0.4, 0.5) is 11.5 Å². The standard InChI is InChI=1S/C13H20N4O2S/c1-3-4-10-12-13(16(2)15-10)17-5-6-20(19)8-9(17)7-11(18)14-12/h9H,3-8H2,1-2H3,(H,14,18). The molecule has 7 heteroatoms. The summed E-state index contributed by atoms with van der Waals surface area (Å²) in [5, 5.41) is 7.56. The van der Waals surface area contributed by atoms with E-state index in [9.17, 15) is 9.00 Å². The van der Waals surface area contributed by atoms with E-state index in [0.717, 1.165) is 36.6 Å². The van der Waals surface area contributed by atoms with Crippen molar-refractivity contribution in [3.63, 3.8) is 0 Å². The molecule has 0 aromatic carbocycles. The van der Waals surface area contributed by atoms with Crippen LogP contribution in [0.5, 0.6) is 0 Å². The lowest BCUT2D eigenvalue weighted by Gasteiger charge is -2.35. The lowest BCUT2D eigenvalue weighted by Crippen LogP contribution is -2.47. The number of fused-ring (bicyclic) bond motifs is 3.